The van der Waals surface area contributed by atoms with E-state index in [1.165, 1.54) is 22.3 Å². The monoisotopic (exact) mass is 501 g/mol. The van der Waals surface area contributed by atoms with Crippen LogP contribution in [-0.2, 0) is 16.0 Å². The van der Waals surface area contributed by atoms with Crippen molar-refractivity contribution in [3.8, 4) is 11.5 Å². The molecule has 3 atom stereocenters. The number of ether oxygens (including phenoxy) is 3. The lowest BCUT2D eigenvalue weighted by molar-refractivity contribution is -0.137. The van der Waals surface area contributed by atoms with Crippen molar-refractivity contribution in [2.45, 2.75) is 37.8 Å². The molecule has 2 N–H and O–H groups in total. The number of hydrogen-bond donors (Lipinski definition) is 1. The molecule has 2 saturated heterocycles. The molecule has 1 amide bonds. The highest BCUT2D eigenvalue weighted by Crippen LogP contribution is 2.44. The zero-order valence-corrected chi connectivity index (χ0v) is 21.4. The number of morpholine rings is 1. The smallest absolute Gasteiger partial charge is 0.260 e. The van der Waals surface area contributed by atoms with E-state index >= 15 is 0 Å². The molecule has 0 bridgehead atoms. The number of halogens is 1. The highest BCUT2D eigenvalue weighted by atomic mass is 35.5. The lowest BCUT2D eigenvalue weighted by atomic mass is 9.78. The average molecular weight is 502 g/mol. The Bertz CT molecular complexity index is 1040. The Morgan fingerprint density at radius 1 is 1.14 bits per heavy atom. The molecule has 2 aromatic carbocycles. The van der Waals surface area contributed by atoms with Gasteiger partial charge in [0.05, 0.1) is 20.3 Å². The molecule has 0 unspecified atom stereocenters. The van der Waals surface area contributed by atoms with Gasteiger partial charge in [0, 0.05) is 44.2 Å². The van der Waals surface area contributed by atoms with Gasteiger partial charge in [0.25, 0.3) is 5.91 Å². The summed E-state index contributed by atoms with van der Waals surface area (Å²) in [4.78, 5) is 16.9. The summed E-state index contributed by atoms with van der Waals surface area (Å²) in [7, 11) is 1.65. The molecule has 3 aliphatic heterocycles. The molecule has 7 nitrogen and oxygen atoms in total. The van der Waals surface area contributed by atoms with Gasteiger partial charge in [0.15, 0.2) is 18.1 Å². The number of carbonyl (C=O) groups excluding carboxylic acids is 1. The number of fused-ring (bicyclic) bond motifs is 3. The third kappa shape index (κ3) is 5.43. The van der Waals surface area contributed by atoms with Crippen LogP contribution in [0.3, 0.4) is 0 Å². The van der Waals surface area contributed by atoms with Crippen LogP contribution in [-0.4, -0.2) is 74.9 Å². The second kappa shape index (κ2) is 11.2. The summed E-state index contributed by atoms with van der Waals surface area (Å²) in [5, 5.41) is 0. The number of carbonyl (C=O) groups is 1. The summed E-state index contributed by atoms with van der Waals surface area (Å²) in [5.74, 6) is 1.63. The topological polar surface area (TPSA) is 77.3 Å². The van der Waals surface area contributed by atoms with Crippen LogP contribution in [0.25, 0.3) is 0 Å². The van der Waals surface area contributed by atoms with Gasteiger partial charge in [0.1, 0.15) is 0 Å². The lowest BCUT2D eigenvalue weighted by Crippen LogP contribution is -2.49. The van der Waals surface area contributed by atoms with E-state index in [-0.39, 0.29) is 37.0 Å². The Hall–Kier alpha value is -2.32. The zero-order chi connectivity index (χ0) is 23.7. The molecular formula is C27H36ClN3O4. The number of methoxy groups -OCH3 is 1. The van der Waals surface area contributed by atoms with Crippen LogP contribution < -0.4 is 15.2 Å². The molecule has 0 radical (unpaired) electrons. The molecule has 3 aliphatic rings. The Labute approximate surface area is 213 Å². The minimum absolute atomic E-state index is 0. The van der Waals surface area contributed by atoms with Gasteiger partial charge in [-0.05, 0) is 48.6 Å². The predicted octanol–water partition coefficient (Wildman–Crippen LogP) is 3.08. The number of nitrogens with two attached hydrogens (primary N) is 1. The van der Waals surface area contributed by atoms with E-state index in [0.29, 0.717) is 43.7 Å². The number of aryl methyl sites for hydroxylation is 1. The van der Waals surface area contributed by atoms with E-state index in [1.807, 2.05) is 0 Å². The van der Waals surface area contributed by atoms with Crippen LogP contribution >= 0.6 is 12.4 Å². The first-order valence-electron chi connectivity index (χ1n) is 12.3. The summed E-state index contributed by atoms with van der Waals surface area (Å²) in [6.07, 6.45) is 1.85. The normalized spacial score (nSPS) is 24.1. The molecule has 0 aromatic heterocycles. The van der Waals surface area contributed by atoms with Gasteiger partial charge in [0.2, 0.25) is 0 Å². The summed E-state index contributed by atoms with van der Waals surface area (Å²) >= 11 is 0. The maximum absolute atomic E-state index is 12.5. The summed E-state index contributed by atoms with van der Waals surface area (Å²) in [5.41, 5.74) is 11.9. The predicted molar refractivity (Wildman–Crippen MR) is 138 cm³/mol. The molecule has 3 heterocycles. The first-order valence-corrected chi connectivity index (χ1v) is 12.3. The van der Waals surface area contributed by atoms with Crippen LogP contribution in [0.5, 0.6) is 11.5 Å². The van der Waals surface area contributed by atoms with Crippen molar-refractivity contribution in [3.63, 3.8) is 0 Å². The third-order valence-electron chi connectivity index (χ3n) is 7.52. The molecule has 190 valence electrons. The number of piperidine rings is 1. The quantitative estimate of drug-likeness (QED) is 0.678. The number of benzene rings is 2. The second-order valence-corrected chi connectivity index (χ2v) is 9.66. The number of rotatable bonds is 5. The van der Waals surface area contributed by atoms with Crippen LogP contribution in [0.15, 0.2) is 36.4 Å². The molecule has 2 fully saturated rings. The minimum atomic E-state index is -0.0188. The van der Waals surface area contributed by atoms with E-state index in [1.54, 1.807) is 12.0 Å². The standard InChI is InChI=1S/C27H35N3O4.ClH/c1-18-4-3-5-19(12-18)22-16-30-7-6-20-13-26(34-17-27(31)29-8-10-33-11-9-29)25(32-2)14-21(20)24(30)15-23(22)28;/h3-5,12-14,22-24H,6-11,15-17,28H2,1-2H3;1H/t22-,23+,24+;/m1./s1. The minimum Gasteiger partial charge on any atom is -0.493 e. The first kappa shape index (κ1) is 25.8. The van der Waals surface area contributed by atoms with Crippen molar-refractivity contribution < 1.29 is 19.0 Å². The van der Waals surface area contributed by atoms with E-state index in [4.69, 9.17) is 19.9 Å². The number of amides is 1. The highest BCUT2D eigenvalue weighted by molar-refractivity contribution is 5.85. The van der Waals surface area contributed by atoms with Crippen LogP contribution in [0, 0.1) is 6.92 Å². The van der Waals surface area contributed by atoms with Gasteiger partial charge >= 0.3 is 0 Å². The third-order valence-corrected chi connectivity index (χ3v) is 7.52. The molecular weight excluding hydrogens is 466 g/mol. The molecule has 0 spiro atoms. The van der Waals surface area contributed by atoms with Gasteiger partial charge in [-0.15, -0.1) is 12.4 Å². The van der Waals surface area contributed by atoms with Crippen molar-refractivity contribution in [1.29, 1.82) is 0 Å². The van der Waals surface area contributed by atoms with Gasteiger partial charge in [-0.25, -0.2) is 0 Å². The maximum Gasteiger partial charge on any atom is 0.260 e. The SMILES string of the molecule is COc1cc2c(cc1OCC(=O)N1CCOCC1)CCN1C[C@H](c3cccc(C)c3)[C@@H](N)C[C@@H]21.Cl. The fourth-order valence-electron chi connectivity index (χ4n) is 5.63. The molecule has 5 rings (SSSR count). The van der Waals surface area contributed by atoms with E-state index in [0.717, 1.165) is 25.9 Å². The van der Waals surface area contributed by atoms with Crippen molar-refractivity contribution in [2.24, 2.45) is 5.73 Å². The Kier molecular flexibility index (Phi) is 8.22. The highest BCUT2D eigenvalue weighted by Gasteiger charge is 2.38. The Morgan fingerprint density at radius 3 is 2.69 bits per heavy atom. The summed E-state index contributed by atoms with van der Waals surface area (Å²) in [6.45, 7) is 6.49. The van der Waals surface area contributed by atoms with Crippen LogP contribution in [0.4, 0.5) is 0 Å². The van der Waals surface area contributed by atoms with Gasteiger partial charge in [-0.2, -0.15) is 0 Å². The molecule has 0 aliphatic carbocycles. The molecule has 8 heteroatoms. The molecule has 2 aromatic rings. The van der Waals surface area contributed by atoms with Gasteiger partial charge in [-0.1, -0.05) is 29.8 Å². The van der Waals surface area contributed by atoms with Crippen molar-refractivity contribution in [1.82, 2.24) is 9.80 Å². The van der Waals surface area contributed by atoms with Crippen LogP contribution in [0.1, 0.15) is 40.6 Å². The zero-order valence-electron chi connectivity index (χ0n) is 20.6. The Morgan fingerprint density at radius 2 is 1.94 bits per heavy atom. The first-order chi connectivity index (χ1) is 16.5. The van der Waals surface area contributed by atoms with Crippen LogP contribution in [0.2, 0.25) is 0 Å². The summed E-state index contributed by atoms with van der Waals surface area (Å²) in [6, 6.07) is 13.3. The lowest BCUT2D eigenvalue weighted by Gasteiger charge is -2.46. The number of hydrogen-bond acceptors (Lipinski definition) is 6. The molecule has 0 saturated carbocycles. The summed E-state index contributed by atoms with van der Waals surface area (Å²) < 4.78 is 17.0. The van der Waals surface area contributed by atoms with Crippen molar-refractivity contribution in [3.05, 3.63) is 58.7 Å². The average Bonchev–Trinajstić information content (AvgIpc) is 2.86. The fraction of sp³-hybridized carbons (Fsp3) is 0.519. The number of nitrogens with zero attached hydrogens (tertiary/aromatic N) is 2. The van der Waals surface area contributed by atoms with Crippen molar-refractivity contribution in [2.75, 3.05) is 53.1 Å². The van der Waals surface area contributed by atoms with E-state index in [9.17, 15) is 4.79 Å². The van der Waals surface area contributed by atoms with Crippen molar-refractivity contribution >= 4 is 18.3 Å². The Balaban J connectivity index is 0.00000289. The van der Waals surface area contributed by atoms with Gasteiger partial charge < -0.3 is 24.8 Å². The van der Waals surface area contributed by atoms with E-state index < -0.39 is 0 Å². The van der Waals surface area contributed by atoms with Gasteiger partial charge in [-0.3, -0.25) is 9.69 Å². The fourth-order valence-corrected chi connectivity index (χ4v) is 5.63. The van der Waals surface area contributed by atoms with E-state index in [2.05, 4.69) is 48.2 Å². The molecule has 35 heavy (non-hydrogen) atoms. The largest absolute Gasteiger partial charge is 0.493 e. The second-order valence-electron chi connectivity index (χ2n) is 9.66. The maximum atomic E-state index is 12.5.